The summed E-state index contributed by atoms with van der Waals surface area (Å²) in [4.78, 5) is 18.8. The maximum Gasteiger partial charge on any atom is 0.236 e. The molecule has 7 nitrogen and oxygen atoms in total. The lowest BCUT2D eigenvalue weighted by molar-refractivity contribution is -0.132. The molecule has 2 heterocycles. The summed E-state index contributed by atoms with van der Waals surface area (Å²) >= 11 is 0. The Hall–Kier alpha value is -1.44. The molecule has 0 unspecified atom stereocenters. The van der Waals surface area contributed by atoms with Gasteiger partial charge in [0.05, 0.1) is 18.8 Å². The van der Waals surface area contributed by atoms with Crippen LogP contribution in [0.15, 0.2) is 12.4 Å². The van der Waals surface area contributed by atoms with Gasteiger partial charge >= 0.3 is 0 Å². The number of aliphatic hydroxyl groups excluding tert-OH is 1. The maximum atomic E-state index is 12.5. The zero-order valence-electron chi connectivity index (χ0n) is 15.4. The van der Waals surface area contributed by atoms with Gasteiger partial charge in [-0.3, -0.25) is 19.3 Å². The van der Waals surface area contributed by atoms with Gasteiger partial charge in [0.15, 0.2) is 0 Å². The average molecular weight is 337 g/mol. The van der Waals surface area contributed by atoms with Crippen LogP contribution in [0.4, 0.5) is 0 Å². The zero-order valence-corrected chi connectivity index (χ0v) is 15.4. The van der Waals surface area contributed by atoms with Crippen molar-refractivity contribution in [1.29, 1.82) is 0 Å². The third-order valence-electron chi connectivity index (χ3n) is 4.62. The van der Waals surface area contributed by atoms with Crippen molar-refractivity contribution < 1.29 is 9.90 Å². The second-order valence-corrected chi connectivity index (χ2v) is 6.91. The van der Waals surface area contributed by atoms with Crippen molar-refractivity contribution in [1.82, 2.24) is 24.5 Å². The van der Waals surface area contributed by atoms with Crippen molar-refractivity contribution in [3.63, 3.8) is 0 Å². The molecule has 0 aromatic carbocycles. The van der Waals surface area contributed by atoms with Crippen LogP contribution in [0.5, 0.6) is 0 Å². The van der Waals surface area contributed by atoms with Crippen LogP contribution in [0.3, 0.4) is 0 Å². The first-order valence-electron chi connectivity index (χ1n) is 8.75. The van der Waals surface area contributed by atoms with E-state index in [2.05, 4.69) is 21.8 Å². The van der Waals surface area contributed by atoms with E-state index >= 15 is 0 Å². The van der Waals surface area contributed by atoms with Crippen molar-refractivity contribution in [2.75, 3.05) is 39.8 Å². The van der Waals surface area contributed by atoms with E-state index in [-0.39, 0.29) is 12.0 Å². The topological polar surface area (TPSA) is 64.8 Å². The molecule has 0 spiro atoms. The molecule has 136 valence electrons. The molecule has 7 heteroatoms. The second kappa shape index (κ2) is 8.60. The molecule has 2 atom stereocenters. The van der Waals surface area contributed by atoms with Crippen LogP contribution in [0.1, 0.15) is 25.8 Å². The quantitative estimate of drug-likeness (QED) is 0.768. The first-order chi connectivity index (χ1) is 11.4. The van der Waals surface area contributed by atoms with E-state index in [1.165, 1.54) is 0 Å². The van der Waals surface area contributed by atoms with Gasteiger partial charge in [-0.1, -0.05) is 6.92 Å². The van der Waals surface area contributed by atoms with Crippen LogP contribution in [-0.4, -0.2) is 87.4 Å². The van der Waals surface area contributed by atoms with Gasteiger partial charge in [-0.05, 0) is 13.3 Å². The smallest absolute Gasteiger partial charge is 0.236 e. The van der Waals surface area contributed by atoms with E-state index in [1.807, 2.05) is 27.2 Å². The Morgan fingerprint density at radius 1 is 1.50 bits per heavy atom. The fourth-order valence-corrected chi connectivity index (χ4v) is 3.30. The van der Waals surface area contributed by atoms with E-state index in [0.29, 0.717) is 25.7 Å². The fourth-order valence-electron chi connectivity index (χ4n) is 3.30. The van der Waals surface area contributed by atoms with E-state index in [4.69, 9.17) is 0 Å². The highest BCUT2D eigenvalue weighted by Crippen LogP contribution is 2.14. The maximum absolute atomic E-state index is 12.5. The van der Waals surface area contributed by atoms with Crippen LogP contribution in [-0.2, 0) is 18.4 Å². The number of hydrogen-bond acceptors (Lipinski definition) is 5. The van der Waals surface area contributed by atoms with Crippen LogP contribution in [0, 0.1) is 0 Å². The van der Waals surface area contributed by atoms with Crippen molar-refractivity contribution in [3.8, 4) is 0 Å². The molecular formula is C17H31N5O2. The lowest BCUT2D eigenvalue weighted by Gasteiger charge is -2.41. The first kappa shape index (κ1) is 18.9. The molecular weight excluding hydrogens is 306 g/mol. The minimum atomic E-state index is -0.308. The lowest BCUT2D eigenvalue weighted by Crippen LogP contribution is -2.56. The molecule has 0 bridgehead atoms. The number of aryl methyl sites for hydroxylation is 1. The third-order valence-corrected chi connectivity index (χ3v) is 4.62. The van der Waals surface area contributed by atoms with Gasteiger partial charge in [0, 0.05) is 64.6 Å². The SMILES string of the molecule is CC[C@H]1CN(CC(=O)N(C)Cc2cnn(C)c2)CCN1C[C@H](C)O. The summed E-state index contributed by atoms with van der Waals surface area (Å²) in [5.41, 5.74) is 1.04. The van der Waals surface area contributed by atoms with Crippen LogP contribution in [0.2, 0.25) is 0 Å². The van der Waals surface area contributed by atoms with E-state index < -0.39 is 0 Å². The van der Waals surface area contributed by atoms with Gasteiger partial charge in [-0.25, -0.2) is 0 Å². The summed E-state index contributed by atoms with van der Waals surface area (Å²) in [6.07, 6.45) is 4.46. The lowest BCUT2D eigenvalue weighted by atomic mass is 10.1. The summed E-state index contributed by atoms with van der Waals surface area (Å²) in [6, 6.07) is 0.407. The number of amides is 1. The minimum Gasteiger partial charge on any atom is -0.392 e. The number of piperazine rings is 1. The van der Waals surface area contributed by atoms with E-state index in [0.717, 1.165) is 31.6 Å². The Bertz CT molecular complexity index is 531. The molecule has 24 heavy (non-hydrogen) atoms. The molecule has 1 aliphatic rings. The molecule has 1 aromatic heterocycles. The predicted octanol–water partition coefficient (Wildman–Crippen LogP) is 0.156. The zero-order chi connectivity index (χ0) is 17.7. The van der Waals surface area contributed by atoms with E-state index in [1.54, 1.807) is 15.8 Å². The molecule has 0 radical (unpaired) electrons. The molecule has 1 saturated heterocycles. The number of hydrogen-bond donors (Lipinski definition) is 1. The largest absolute Gasteiger partial charge is 0.392 e. The Kier molecular flexibility index (Phi) is 6.77. The van der Waals surface area contributed by atoms with Gasteiger partial charge in [-0.15, -0.1) is 0 Å². The van der Waals surface area contributed by atoms with Crippen LogP contribution >= 0.6 is 0 Å². The van der Waals surface area contributed by atoms with Gasteiger partial charge in [0.25, 0.3) is 0 Å². The minimum absolute atomic E-state index is 0.137. The number of aliphatic hydroxyl groups is 1. The Morgan fingerprint density at radius 2 is 2.25 bits per heavy atom. The number of nitrogens with zero attached hydrogens (tertiary/aromatic N) is 5. The fraction of sp³-hybridized carbons (Fsp3) is 0.765. The molecule has 1 aliphatic heterocycles. The van der Waals surface area contributed by atoms with Gasteiger partial charge in [0.1, 0.15) is 0 Å². The van der Waals surface area contributed by atoms with Gasteiger partial charge in [0.2, 0.25) is 5.91 Å². The highest BCUT2D eigenvalue weighted by Gasteiger charge is 2.27. The number of β-amino-alcohol motifs (C(OH)–C–C–N with tert-alkyl or cyclic N) is 1. The highest BCUT2D eigenvalue weighted by atomic mass is 16.3. The van der Waals surface area contributed by atoms with Crippen molar-refractivity contribution in [2.24, 2.45) is 7.05 Å². The predicted molar refractivity (Wildman–Crippen MR) is 93.5 cm³/mol. The number of aromatic nitrogens is 2. The van der Waals surface area contributed by atoms with Crippen molar-refractivity contribution in [2.45, 2.75) is 39.0 Å². The normalized spacial score (nSPS) is 21.0. The third kappa shape index (κ3) is 5.29. The van der Waals surface area contributed by atoms with Gasteiger partial charge in [-0.2, -0.15) is 5.10 Å². The molecule has 0 aliphatic carbocycles. The van der Waals surface area contributed by atoms with E-state index in [9.17, 15) is 9.90 Å². The molecule has 1 N–H and O–H groups in total. The Balaban J connectivity index is 1.83. The summed E-state index contributed by atoms with van der Waals surface area (Å²) < 4.78 is 1.75. The van der Waals surface area contributed by atoms with Crippen molar-refractivity contribution in [3.05, 3.63) is 18.0 Å². The standard InChI is InChI=1S/C17H31N5O2/c1-5-16-12-21(6-7-22(16)9-14(2)23)13-17(24)19(3)10-15-8-18-20(4)11-15/h8,11,14,16,23H,5-7,9-10,12-13H2,1-4H3/t14-,16-/m0/s1. The highest BCUT2D eigenvalue weighted by molar-refractivity contribution is 5.78. The molecule has 1 aromatic rings. The molecule has 0 saturated carbocycles. The molecule has 2 rings (SSSR count). The monoisotopic (exact) mass is 337 g/mol. The molecule has 1 fully saturated rings. The average Bonchev–Trinajstić information content (AvgIpc) is 2.93. The number of carbonyl (C=O) groups is 1. The Labute approximate surface area is 144 Å². The number of carbonyl (C=O) groups excluding carboxylic acids is 1. The summed E-state index contributed by atoms with van der Waals surface area (Å²) in [5, 5.41) is 13.8. The summed E-state index contributed by atoms with van der Waals surface area (Å²) in [5.74, 6) is 0.137. The van der Waals surface area contributed by atoms with Gasteiger partial charge < -0.3 is 10.0 Å². The summed E-state index contributed by atoms with van der Waals surface area (Å²) in [6.45, 7) is 8.41. The summed E-state index contributed by atoms with van der Waals surface area (Å²) in [7, 11) is 3.72. The van der Waals surface area contributed by atoms with Crippen molar-refractivity contribution >= 4 is 5.91 Å². The second-order valence-electron chi connectivity index (χ2n) is 6.91. The number of likely N-dealkylation sites (N-methyl/N-ethyl adjacent to an activating group) is 1. The van der Waals surface area contributed by atoms with Crippen LogP contribution in [0.25, 0.3) is 0 Å². The molecule has 1 amide bonds. The first-order valence-corrected chi connectivity index (χ1v) is 8.75. The number of rotatable bonds is 7. The Morgan fingerprint density at radius 3 is 2.83 bits per heavy atom. The van der Waals surface area contributed by atoms with Crippen LogP contribution < -0.4 is 0 Å².